The molecule has 0 saturated carbocycles. The zero-order valence-corrected chi connectivity index (χ0v) is 9.24. The summed E-state index contributed by atoms with van der Waals surface area (Å²) >= 11 is 0. The maximum atomic E-state index is 12.4. The van der Waals surface area contributed by atoms with E-state index in [-0.39, 0.29) is 11.3 Å². The Morgan fingerprint density at radius 3 is 1.78 bits per heavy atom. The Labute approximate surface area is 102 Å². The van der Waals surface area contributed by atoms with Crippen LogP contribution in [0.5, 0.6) is 0 Å². The van der Waals surface area contributed by atoms with Gasteiger partial charge in [-0.2, -0.15) is 13.2 Å². The van der Waals surface area contributed by atoms with Gasteiger partial charge in [-0.15, -0.1) is 0 Å². The summed E-state index contributed by atoms with van der Waals surface area (Å²) in [6, 6.07) is 12.6. The predicted octanol–water partition coefficient (Wildman–Crippen LogP) is 3.94. The Morgan fingerprint density at radius 2 is 1.28 bits per heavy atom. The van der Waals surface area contributed by atoms with Crippen LogP contribution in [0.25, 0.3) is 0 Å². The fraction of sp³-hybridized carbons (Fsp3) is 0.0714. The van der Waals surface area contributed by atoms with Crippen molar-refractivity contribution in [2.75, 3.05) is 0 Å². The first-order valence-electron chi connectivity index (χ1n) is 5.25. The van der Waals surface area contributed by atoms with Gasteiger partial charge in [0.2, 0.25) is 0 Å². The van der Waals surface area contributed by atoms with Crippen LogP contribution in [0.1, 0.15) is 21.5 Å². The Bertz CT molecular complexity index is 542. The molecule has 0 bridgehead atoms. The number of hydrogen-bond acceptors (Lipinski definition) is 1. The molecule has 1 nitrogen and oxygen atoms in total. The van der Waals surface area contributed by atoms with E-state index in [0.717, 1.165) is 12.1 Å². The highest BCUT2D eigenvalue weighted by molar-refractivity contribution is 6.08. The first kappa shape index (κ1) is 12.4. The topological polar surface area (TPSA) is 17.1 Å². The Morgan fingerprint density at radius 1 is 0.778 bits per heavy atom. The van der Waals surface area contributed by atoms with Gasteiger partial charge in [0, 0.05) is 11.1 Å². The van der Waals surface area contributed by atoms with Crippen molar-refractivity contribution in [3.8, 4) is 0 Å². The van der Waals surface area contributed by atoms with E-state index in [2.05, 4.69) is 0 Å². The van der Waals surface area contributed by atoms with Gasteiger partial charge in [0.25, 0.3) is 0 Å². The zero-order chi connectivity index (χ0) is 13.2. The van der Waals surface area contributed by atoms with Crippen LogP contribution >= 0.6 is 0 Å². The molecule has 0 N–H and O–H groups in total. The second kappa shape index (κ2) is 4.64. The normalized spacial score (nSPS) is 11.3. The number of rotatable bonds is 2. The fourth-order valence-electron chi connectivity index (χ4n) is 1.57. The summed E-state index contributed by atoms with van der Waals surface area (Å²) in [6.45, 7) is 0. The average Bonchev–Trinajstić information content (AvgIpc) is 2.38. The smallest absolute Gasteiger partial charge is 0.289 e. The molecule has 2 aromatic carbocycles. The minimum Gasteiger partial charge on any atom is -0.289 e. The van der Waals surface area contributed by atoms with Crippen molar-refractivity contribution in [1.82, 2.24) is 0 Å². The van der Waals surface area contributed by atoms with Crippen LogP contribution in [0.4, 0.5) is 13.2 Å². The van der Waals surface area contributed by atoms with Gasteiger partial charge in [0.05, 0.1) is 5.56 Å². The molecule has 0 radical (unpaired) electrons. The Hall–Kier alpha value is -2.10. The van der Waals surface area contributed by atoms with E-state index in [4.69, 9.17) is 0 Å². The number of benzene rings is 2. The summed E-state index contributed by atoms with van der Waals surface area (Å²) in [6.07, 6.45) is -4.38. The lowest BCUT2D eigenvalue weighted by atomic mass is 10.0. The van der Waals surface area contributed by atoms with E-state index in [0.29, 0.717) is 5.56 Å². The lowest BCUT2D eigenvalue weighted by molar-refractivity contribution is -0.137. The highest BCUT2D eigenvalue weighted by atomic mass is 19.4. The predicted molar refractivity (Wildman–Crippen MR) is 61.3 cm³/mol. The average molecular weight is 250 g/mol. The SMILES string of the molecule is O=C(c1ccccc1)c1ccc(C(F)(F)F)cc1. The highest BCUT2D eigenvalue weighted by Gasteiger charge is 2.30. The Kier molecular flexibility index (Phi) is 3.19. The van der Waals surface area contributed by atoms with Gasteiger partial charge >= 0.3 is 6.18 Å². The number of alkyl halides is 3. The van der Waals surface area contributed by atoms with Gasteiger partial charge in [-0.3, -0.25) is 4.79 Å². The summed E-state index contributed by atoms with van der Waals surface area (Å²) in [5.74, 6) is -0.288. The number of hydrogen-bond donors (Lipinski definition) is 0. The van der Waals surface area contributed by atoms with E-state index in [1.54, 1.807) is 30.3 Å². The van der Waals surface area contributed by atoms with Crippen LogP contribution in [0, 0.1) is 0 Å². The molecule has 0 aromatic heterocycles. The van der Waals surface area contributed by atoms with Crippen molar-refractivity contribution in [3.63, 3.8) is 0 Å². The molecule has 0 saturated heterocycles. The maximum absolute atomic E-state index is 12.4. The fourth-order valence-corrected chi connectivity index (χ4v) is 1.57. The van der Waals surface area contributed by atoms with Crippen LogP contribution in [0.3, 0.4) is 0 Å². The highest BCUT2D eigenvalue weighted by Crippen LogP contribution is 2.29. The van der Waals surface area contributed by atoms with Crippen molar-refractivity contribution < 1.29 is 18.0 Å². The quantitative estimate of drug-likeness (QED) is 0.738. The van der Waals surface area contributed by atoms with Crippen molar-refractivity contribution in [1.29, 1.82) is 0 Å². The summed E-state index contributed by atoms with van der Waals surface area (Å²) in [5, 5.41) is 0. The van der Waals surface area contributed by atoms with Crippen LogP contribution in [-0.4, -0.2) is 5.78 Å². The second-order valence-corrected chi connectivity index (χ2v) is 3.77. The molecular weight excluding hydrogens is 241 g/mol. The summed E-state index contributed by atoms with van der Waals surface area (Å²) in [7, 11) is 0. The molecule has 0 spiro atoms. The standard InChI is InChI=1S/C14H9F3O/c15-14(16,17)12-8-6-11(7-9-12)13(18)10-4-2-1-3-5-10/h1-9H. The summed E-state index contributed by atoms with van der Waals surface area (Å²) in [4.78, 5) is 11.9. The van der Waals surface area contributed by atoms with Crippen molar-refractivity contribution >= 4 is 5.78 Å². The minimum atomic E-state index is -4.38. The van der Waals surface area contributed by atoms with E-state index in [9.17, 15) is 18.0 Å². The molecule has 4 heteroatoms. The van der Waals surface area contributed by atoms with Gasteiger partial charge in [-0.1, -0.05) is 42.5 Å². The molecule has 0 amide bonds. The van der Waals surface area contributed by atoms with Crippen LogP contribution < -0.4 is 0 Å². The number of ketones is 1. The third-order valence-electron chi connectivity index (χ3n) is 2.51. The molecule has 0 fully saturated rings. The number of carbonyl (C=O) groups is 1. The summed E-state index contributed by atoms with van der Waals surface area (Å²) in [5.41, 5.74) is -0.0569. The first-order chi connectivity index (χ1) is 8.48. The maximum Gasteiger partial charge on any atom is 0.416 e. The second-order valence-electron chi connectivity index (χ2n) is 3.77. The Balaban J connectivity index is 2.28. The molecule has 2 aromatic rings. The third-order valence-corrected chi connectivity index (χ3v) is 2.51. The molecule has 0 heterocycles. The van der Waals surface area contributed by atoms with E-state index < -0.39 is 11.7 Å². The van der Waals surface area contributed by atoms with E-state index >= 15 is 0 Å². The molecule has 2 rings (SSSR count). The monoisotopic (exact) mass is 250 g/mol. The molecule has 0 aliphatic carbocycles. The van der Waals surface area contributed by atoms with Crippen molar-refractivity contribution in [2.45, 2.75) is 6.18 Å². The largest absolute Gasteiger partial charge is 0.416 e. The summed E-state index contributed by atoms with van der Waals surface area (Å²) < 4.78 is 37.1. The molecule has 0 aliphatic heterocycles. The van der Waals surface area contributed by atoms with E-state index in [1.165, 1.54) is 12.1 Å². The van der Waals surface area contributed by atoms with Gasteiger partial charge in [-0.25, -0.2) is 0 Å². The molecule has 18 heavy (non-hydrogen) atoms. The van der Waals surface area contributed by atoms with E-state index in [1.807, 2.05) is 0 Å². The molecule has 0 aliphatic rings. The lowest BCUT2D eigenvalue weighted by Gasteiger charge is -2.07. The van der Waals surface area contributed by atoms with Gasteiger partial charge in [-0.05, 0) is 12.1 Å². The van der Waals surface area contributed by atoms with Crippen LogP contribution in [-0.2, 0) is 6.18 Å². The molecule has 92 valence electrons. The van der Waals surface area contributed by atoms with Gasteiger partial charge < -0.3 is 0 Å². The lowest BCUT2D eigenvalue weighted by Crippen LogP contribution is -2.06. The van der Waals surface area contributed by atoms with Gasteiger partial charge in [0.1, 0.15) is 0 Å². The molecule has 0 atom stereocenters. The van der Waals surface area contributed by atoms with Crippen molar-refractivity contribution in [2.24, 2.45) is 0 Å². The molecule has 0 unspecified atom stereocenters. The van der Waals surface area contributed by atoms with Crippen LogP contribution in [0.2, 0.25) is 0 Å². The first-order valence-corrected chi connectivity index (χ1v) is 5.25. The minimum absolute atomic E-state index is 0.245. The third kappa shape index (κ3) is 2.59. The van der Waals surface area contributed by atoms with Crippen molar-refractivity contribution in [3.05, 3.63) is 71.3 Å². The molecular formula is C14H9F3O. The van der Waals surface area contributed by atoms with Crippen LogP contribution in [0.15, 0.2) is 54.6 Å². The number of halogens is 3. The number of carbonyl (C=O) groups excluding carboxylic acids is 1. The zero-order valence-electron chi connectivity index (χ0n) is 9.24. The van der Waals surface area contributed by atoms with Gasteiger partial charge in [0.15, 0.2) is 5.78 Å².